The summed E-state index contributed by atoms with van der Waals surface area (Å²) in [6.45, 7) is 0.451. The van der Waals surface area contributed by atoms with Crippen LogP contribution < -0.4 is 9.47 Å². The van der Waals surface area contributed by atoms with Crippen LogP contribution in [0, 0.1) is 0 Å². The number of para-hydroxylation sites is 1. The predicted octanol–water partition coefficient (Wildman–Crippen LogP) is 5.59. The summed E-state index contributed by atoms with van der Waals surface area (Å²) in [5.41, 5.74) is 2.07. The molecule has 0 heterocycles. The number of alkyl halides is 1. The molecule has 0 bridgehead atoms. The first-order valence-corrected chi connectivity index (χ1v) is 8.23. The lowest BCUT2D eigenvalue weighted by Gasteiger charge is -2.12. The van der Waals surface area contributed by atoms with Gasteiger partial charge in [0.1, 0.15) is 18.1 Å². The maximum absolute atomic E-state index is 6.18. The van der Waals surface area contributed by atoms with Crippen molar-refractivity contribution in [3.63, 3.8) is 0 Å². The first kappa shape index (κ1) is 15.7. The molecular formula is C15H13Br2ClO2. The number of rotatable bonds is 5. The third kappa shape index (κ3) is 3.68. The number of ether oxygens (including phenoxy) is 2. The summed E-state index contributed by atoms with van der Waals surface area (Å²) in [5.74, 6) is 1.52. The van der Waals surface area contributed by atoms with Crippen LogP contribution in [0.2, 0.25) is 5.02 Å². The fraction of sp³-hybridized carbons (Fsp3) is 0.200. The van der Waals surface area contributed by atoms with Crippen molar-refractivity contribution >= 4 is 43.5 Å². The van der Waals surface area contributed by atoms with Crippen LogP contribution in [0.15, 0.2) is 40.9 Å². The van der Waals surface area contributed by atoms with E-state index in [2.05, 4.69) is 31.9 Å². The van der Waals surface area contributed by atoms with E-state index < -0.39 is 0 Å². The second-order valence-electron chi connectivity index (χ2n) is 4.12. The van der Waals surface area contributed by atoms with Crippen molar-refractivity contribution in [2.24, 2.45) is 0 Å². The van der Waals surface area contributed by atoms with Gasteiger partial charge in [0.25, 0.3) is 0 Å². The molecular weight excluding hydrogens is 407 g/mol. The molecule has 0 radical (unpaired) electrons. The van der Waals surface area contributed by atoms with Gasteiger partial charge in [-0.05, 0) is 39.7 Å². The Balaban J connectivity index is 2.15. The molecule has 0 aromatic heterocycles. The standard InChI is InChI=1S/C15H13Br2ClO2/c1-19-14-6-5-10(7-12(14)17)9-20-15-11(8-16)3-2-4-13(15)18/h2-7H,8-9H2,1H3. The van der Waals surface area contributed by atoms with Gasteiger partial charge in [-0.3, -0.25) is 0 Å². The highest BCUT2D eigenvalue weighted by atomic mass is 79.9. The lowest BCUT2D eigenvalue weighted by atomic mass is 10.2. The van der Waals surface area contributed by atoms with Gasteiger partial charge in [-0.1, -0.05) is 45.7 Å². The van der Waals surface area contributed by atoms with Crippen molar-refractivity contribution in [3.05, 3.63) is 57.0 Å². The van der Waals surface area contributed by atoms with Gasteiger partial charge in [0.2, 0.25) is 0 Å². The number of hydrogen-bond donors (Lipinski definition) is 0. The highest BCUT2D eigenvalue weighted by molar-refractivity contribution is 9.10. The molecule has 0 saturated heterocycles. The molecule has 0 spiro atoms. The molecule has 0 unspecified atom stereocenters. The number of benzene rings is 2. The molecule has 0 N–H and O–H groups in total. The van der Waals surface area contributed by atoms with E-state index in [0.717, 1.165) is 27.1 Å². The van der Waals surface area contributed by atoms with Crippen LogP contribution in [0.5, 0.6) is 11.5 Å². The molecule has 0 saturated carbocycles. The van der Waals surface area contributed by atoms with E-state index >= 15 is 0 Å². The Hall–Kier alpha value is -0.710. The van der Waals surface area contributed by atoms with Crippen molar-refractivity contribution < 1.29 is 9.47 Å². The highest BCUT2D eigenvalue weighted by Gasteiger charge is 2.08. The van der Waals surface area contributed by atoms with Crippen LogP contribution >= 0.6 is 43.5 Å². The summed E-state index contributed by atoms with van der Waals surface area (Å²) >= 11 is 13.1. The molecule has 0 aliphatic heterocycles. The zero-order valence-electron chi connectivity index (χ0n) is 10.8. The van der Waals surface area contributed by atoms with Crippen molar-refractivity contribution in [2.45, 2.75) is 11.9 Å². The summed E-state index contributed by atoms with van der Waals surface area (Å²) in [6, 6.07) is 11.6. The van der Waals surface area contributed by atoms with Gasteiger partial charge >= 0.3 is 0 Å². The zero-order chi connectivity index (χ0) is 14.5. The molecule has 2 rings (SSSR count). The Morgan fingerprint density at radius 3 is 2.65 bits per heavy atom. The van der Waals surface area contributed by atoms with Crippen molar-refractivity contribution in [2.75, 3.05) is 7.11 Å². The molecule has 5 heteroatoms. The third-order valence-electron chi connectivity index (χ3n) is 2.79. The first-order valence-electron chi connectivity index (χ1n) is 5.94. The number of hydrogen-bond acceptors (Lipinski definition) is 2. The van der Waals surface area contributed by atoms with Gasteiger partial charge < -0.3 is 9.47 Å². The highest BCUT2D eigenvalue weighted by Crippen LogP contribution is 2.31. The SMILES string of the molecule is COc1ccc(COc2c(Cl)cccc2CBr)cc1Br. The van der Waals surface area contributed by atoms with E-state index in [0.29, 0.717) is 17.0 Å². The molecule has 106 valence electrons. The van der Waals surface area contributed by atoms with Gasteiger partial charge in [0, 0.05) is 10.9 Å². The van der Waals surface area contributed by atoms with Gasteiger partial charge in [0.05, 0.1) is 16.6 Å². The molecule has 0 aliphatic carbocycles. The van der Waals surface area contributed by atoms with E-state index in [1.807, 2.05) is 36.4 Å². The van der Waals surface area contributed by atoms with E-state index in [1.165, 1.54) is 0 Å². The van der Waals surface area contributed by atoms with Crippen LogP contribution in [-0.4, -0.2) is 7.11 Å². The van der Waals surface area contributed by atoms with Crippen LogP contribution in [0.1, 0.15) is 11.1 Å². The summed E-state index contributed by atoms with van der Waals surface area (Å²) in [4.78, 5) is 0. The lowest BCUT2D eigenvalue weighted by Crippen LogP contribution is -1.99. The molecule has 20 heavy (non-hydrogen) atoms. The van der Waals surface area contributed by atoms with Crippen LogP contribution in [0.4, 0.5) is 0 Å². The monoisotopic (exact) mass is 418 g/mol. The second-order valence-corrected chi connectivity index (χ2v) is 5.94. The summed E-state index contributed by atoms with van der Waals surface area (Å²) in [6.07, 6.45) is 0. The Morgan fingerprint density at radius 1 is 1.20 bits per heavy atom. The number of halogens is 3. The fourth-order valence-corrected chi connectivity index (χ4v) is 3.05. The minimum atomic E-state index is 0.451. The molecule has 2 aromatic carbocycles. The average Bonchev–Trinajstić information content (AvgIpc) is 2.46. The molecule has 0 aliphatic rings. The van der Waals surface area contributed by atoms with Gasteiger partial charge in [-0.25, -0.2) is 0 Å². The van der Waals surface area contributed by atoms with Crippen molar-refractivity contribution in [1.29, 1.82) is 0 Å². The maximum atomic E-state index is 6.18. The lowest BCUT2D eigenvalue weighted by molar-refractivity contribution is 0.304. The Kier molecular flexibility index (Phi) is 5.75. The first-order chi connectivity index (χ1) is 9.65. The summed E-state index contributed by atoms with van der Waals surface area (Å²) in [5, 5.41) is 1.32. The van der Waals surface area contributed by atoms with E-state index in [4.69, 9.17) is 21.1 Å². The topological polar surface area (TPSA) is 18.5 Å². The summed E-state index contributed by atoms with van der Waals surface area (Å²) in [7, 11) is 1.64. The van der Waals surface area contributed by atoms with Crippen LogP contribution in [0.25, 0.3) is 0 Å². The quantitative estimate of drug-likeness (QED) is 0.588. The smallest absolute Gasteiger partial charge is 0.142 e. The van der Waals surface area contributed by atoms with E-state index in [-0.39, 0.29) is 0 Å². The minimum absolute atomic E-state index is 0.451. The molecule has 2 nitrogen and oxygen atoms in total. The fourth-order valence-electron chi connectivity index (χ4n) is 1.78. The average molecular weight is 421 g/mol. The Bertz CT molecular complexity index is 602. The van der Waals surface area contributed by atoms with Gasteiger partial charge in [-0.15, -0.1) is 0 Å². The Morgan fingerprint density at radius 2 is 2.00 bits per heavy atom. The van der Waals surface area contributed by atoms with Crippen molar-refractivity contribution in [1.82, 2.24) is 0 Å². The Labute approximate surface area is 140 Å². The largest absolute Gasteiger partial charge is 0.496 e. The molecule has 0 amide bonds. The summed E-state index contributed by atoms with van der Waals surface area (Å²) < 4.78 is 12.0. The van der Waals surface area contributed by atoms with Gasteiger partial charge in [0.15, 0.2) is 0 Å². The van der Waals surface area contributed by atoms with Crippen LogP contribution in [0.3, 0.4) is 0 Å². The van der Waals surface area contributed by atoms with Crippen LogP contribution in [-0.2, 0) is 11.9 Å². The molecule has 2 aromatic rings. The van der Waals surface area contributed by atoms with Crippen molar-refractivity contribution in [3.8, 4) is 11.5 Å². The third-order valence-corrected chi connectivity index (χ3v) is 4.31. The molecule has 0 atom stereocenters. The van der Waals surface area contributed by atoms with E-state index in [9.17, 15) is 0 Å². The second kappa shape index (κ2) is 7.34. The normalized spacial score (nSPS) is 10.4. The predicted molar refractivity (Wildman–Crippen MR) is 89.1 cm³/mol. The molecule has 0 fully saturated rings. The van der Waals surface area contributed by atoms with E-state index in [1.54, 1.807) is 7.11 Å². The van der Waals surface area contributed by atoms with Gasteiger partial charge in [-0.2, -0.15) is 0 Å². The number of methoxy groups -OCH3 is 1. The maximum Gasteiger partial charge on any atom is 0.142 e. The zero-order valence-corrected chi connectivity index (χ0v) is 14.8. The minimum Gasteiger partial charge on any atom is -0.496 e.